The van der Waals surface area contributed by atoms with E-state index in [9.17, 15) is 24.8 Å². The number of phenolic OH excluding ortho intramolecular Hbond substituents is 1. The van der Waals surface area contributed by atoms with E-state index in [1.807, 2.05) is 0 Å². The summed E-state index contributed by atoms with van der Waals surface area (Å²) in [6.45, 7) is 0.619. The van der Waals surface area contributed by atoms with Crippen molar-refractivity contribution in [2.75, 3.05) is 11.4 Å². The highest BCUT2D eigenvalue weighted by Crippen LogP contribution is 2.23. The normalized spacial score (nSPS) is 13.9. The van der Waals surface area contributed by atoms with Crippen molar-refractivity contribution in [2.24, 2.45) is 5.10 Å². The summed E-state index contributed by atoms with van der Waals surface area (Å²) in [5, 5.41) is 24.2. The van der Waals surface area contributed by atoms with Gasteiger partial charge in [-0.25, -0.2) is 5.43 Å². The molecule has 3 rings (SSSR count). The standard InChI is InChI=1S/C18H16N4O5/c23-16-7-6-15(22(26)27)10-13(16)11-19-20-18(25)12-3-1-4-14(9-12)21-8-2-5-17(21)24/h1,3-4,6-7,9-11,23H,2,5,8H2,(H,20,25)/b19-11+. The number of amides is 2. The second-order valence-corrected chi connectivity index (χ2v) is 5.90. The smallest absolute Gasteiger partial charge is 0.271 e. The van der Waals surface area contributed by atoms with Gasteiger partial charge in [-0.2, -0.15) is 5.10 Å². The van der Waals surface area contributed by atoms with Gasteiger partial charge in [0, 0.05) is 41.9 Å². The summed E-state index contributed by atoms with van der Waals surface area (Å²) in [7, 11) is 0. The number of nitro groups is 1. The Bertz CT molecular complexity index is 941. The van der Waals surface area contributed by atoms with Gasteiger partial charge in [0.25, 0.3) is 11.6 Å². The quantitative estimate of drug-likeness (QED) is 0.475. The fraction of sp³-hybridized carbons (Fsp3) is 0.167. The third-order valence-corrected chi connectivity index (χ3v) is 4.09. The van der Waals surface area contributed by atoms with Gasteiger partial charge in [-0.3, -0.25) is 19.7 Å². The van der Waals surface area contributed by atoms with Gasteiger partial charge in [-0.1, -0.05) is 6.07 Å². The van der Waals surface area contributed by atoms with Gasteiger partial charge < -0.3 is 10.0 Å². The average molecular weight is 368 g/mol. The highest BCUT2D eigenvalue weighted by molar-refractivity contribution is 5.99. The monoisotopic (exact) mass is 368 g/mol. The number of nitrogens with one attached hydrogen (secondary N) is 1. The molecule has 9 nitrogen and oxygen atoms in total. The van der Waals surface area contributed by atoms with Crippen LogP contribution < -0.4 is 10.3 Å². The molecule has 0 saturated carbocycles. The lowest BCUT2D eigenvalue weighted by atomic mass is 10.2. The molecule has 0 aliphatic carbocycles. The summed E-state index contributed by atoms with van der Waals surface area (Å²) in [6, 6.07) is 10.1. The Labute approximate surface area is 154 Å². The van der Waals surface area contributed by atoms with Crippen molar-refractivity contribution in [1.29, 1.82) is 0 Å². The number of nitro benzene ring substituents is 1. The van der Waals surface area contributed by atoms with Crippen molar-refractivity contribution in [3.8, 4) is 5.75 Å². The molecule has 1 saturated heterocycles. The molecule has 0 atom stereocenters. The maximum atomic E-state index is 12.2. The van der Waals surface area contributed by atoms with Crippen LogP contribution in [0.1, 0.15) is 28.8 Å². The topological polar surface area (TPSA) is 125 Å². The van der Waals surface area contributed by atoms with E-state index < -0.39 is 10.8 Å². The molecule has 2 N–H and O–H groups in total. The first-order chi connectivity index (χ1) is 13.0. The Morgan fingerprint density at radius 1 is 1.30 bits per heavy atom. The van der Waals surface area contributed by atoms with Crippen molar-refractivity contribution in [2.45, 2.75) is 12.8 Å². The van der Waals surface area contributed by atoms with Crippen LogP contribution in [0.2, 0.25) is 0 Å². The van der Waals surface area contributed by atoms with Crippen molar-refractivity contribution >= 4 is 29.4 Å². The van der Waals surface area contributed by atoms with Gasteiger partial charge in [0.2, 0.25) is 5.91 Å². The number of rotatable bonds is 5. The zero-order valence-corrected chi connectivity index (χ0v) is 14.2. The number of carbonyl (C=O) groups is 2. The maximum absolute atomic E-state index is 12.2. The highest BCUT2D eigenvalue weighted by atomic mass is 16.6. The van der Waals surface area contributed by atoms with Gasteiger partial charge >= 0.3 is 0 Å². The van der Waals surface area contributed by atoms with Crippen LogP contribution in [-0.4, -0.2) is 34.6 Å². The number of non-ortho nitro benzene ring substituents is 1. The maximum Gasteiger partial charge on any atom is 0.271 e. The summed E-state index contributed by atoms with van der Waals surface area (Å²) in [5.74, 6) is -0.690. The Morgan fingerprint density at radius 3 is 2.81 bits per heavy atom. The molecule has 2 amide bonds. The third kappa shape index (κ3) is 4.09. The van der Waals surface area contributed by atoms with Crippen LogP contribution in [-0.2, 0) is 4.79 Å². The molecule has 1 aliphatic rings. The van der Waals surface area contributed by atoms with Crippen LogP contribution in [0.5, 0.6) is 5.75 Å². The molecule has 0 radical (unpaired) electrons. The SMILES string of the molecule is O=C(N/N=C/c1cc([N+](=O)[O-])ccc1O)c1cccc(N2CCCC2=O)c1. The number of carbonyl (C=O) groups excluding carboxylic acids is 2. The largest absolute Gasteiger partial charge is 0.507 e. The molecule has 1 aliphatic heterocycles. The molecule has 138 valence electrons. The zero-order chi connectivity index (χ0) is 19.4. The number of anilines is 1. The van der Waals surface area contributed by atoms with E-state index >= 15 is 0 Å². The van der Waals surface area contributed by atoms with Gasteiger partial charge in [-0.15, -0.1) is 0 Å². The molecule has 2 aromatic rings. The van der Waals surface area contributed by atoms with Crippen LogP contribution in [0, 0.1) is 10.1 Å². The predicted molar refractivity (Wildman–Crippen MR) is 97.9 cm³/mol. The van der Waals surface area contributed by atoms with Gasteiger partial charge in [0.05, 0.1) is 11.1 Å². The van der Waals surface area contributed by atoms with E-state index in [0.717, 1.165) is 24.8 Å². The molecule has 0 aromatic heterocycles. The molecule has 1 heterocycles. The van der Waals surface area contributed by atoms with Crippen LogP contribution in [0.15, 0.2) is 47.6 Å². The third-order valence-electron chi connectivity index (χ3n) is 4.09. The lowest BCUT2D eigenvalue weighted by molar-refractivity contribution is -0.384. The average Bonchev–Trinajstić information content (AvgIpc) is 3.09. The van der Waals surface area contributed by atoms with E-state index in [0.29, 0.717) is 24.2 Å². The first kappa shape index (κ1) is 18.1. The first-order valence-electron chi connectivity index (χ1n) is 8.17. The predicted octanol–water partition coefficient (Wildman–Crippen LogP) is 2.19. The molecule has 9 heteroatoms. The lowest BCUT2D eigenvalue weighted by Gasteiger charge is -2.16. The fourth-order valence-corrected chi connectivity index (χ4v) is 2.72. The minimum Gasteiger partial charge on any atom is -0.507 e. The molecule has 0 spiro atoms. The Balaban J connectivity index is 1.71. The minimum absolute atomic E-state index is 0.0201. The van der Waals surface area contributed by atoms with E-state index in [4.69, 9.17) is 0 Å². The Kier molecular flexibility index (Phi) is 5.11. The summed E-state index contributed by atoms with van der Waals surface area (Å²) in [5.41, 5.74) is 3.15. The molecule has 1 fully saturated rings. The molecule has 0 unspecified atom stereocenters. The van der Waals surface area contributed by atoms with Gasteiger partial charge in [0.1, 0.15) is 5.75 Å². The van der Waals surface area contributed by atoms with Gasteiger partial charge in [-0.05, 0) is 30.7 Å². The van der Waals surface area contributed by atoms with Crippen molar-refractivity contribution in [3.63, 3.8) is 0 Å². The number of phenols is 1. The van der Waals surface area contributed by atoms with E-state index in [1.54, 1.807) is 29.2 Å². The van der Waals surface area contributed by atoms with Crippen LogP contribution in [0.3, 0.4) is 0 Å². The van der Waals surface area contributed by atoms with Crippen molar-refractivity contribution in [1.82, 2.24) is 5.43 Å². The van der Waals surface area contributed by atoms with Crippen molar-refractivity contribution < 1.29 is 19.6 Å². The molecular weight excluding hydrogens is 352 g/mol. The second kappa shape index (κ2) is 7.65. The van der Waals surface area contributed by atoms with E-state index in [2.05, 4.69) is 10.5 Å². The minimum atomic E-state index is -0.597. The number of nitrogens with zero attached hydrogens (tertiary/aromatic N) is 3. The number of hydrogen-bond acceptors (Lipinski definition) is 6. The number of hydrogen-bond donors (Lipinski definition) is 2. The molecule has 2 aromatic carbocycles. The van der Waals surface area contributed by atoms with E-state index in [-0.39, 0.29) is 22.9 Å². The zero-order valence-electron chi connectivity index (χ0n) is 14.2. The van der Waals surface area contributed by atoms with Crippen LogP contribution in [0.25, 0.3) is 0 Å². The molecule has 0 bridgehead atoms. The first-order valence-corrected chi connectivity index (χ1v) is 8.17. The Morgan fingerprint density at radius 2 is 2.11 bits per heavy atom. The van der Waals surface area contributed by atoms with Crippen LogP contribution in [0.4, 0.5) is 11.4 Å². The fourth-order valence-electron chi connectivity index (χ4n) is 2.72. The lowest BCUT2D eigenvalue weighted by Crippen LogP contribution is -2.24. The second-order valence-electron chi connectivity index (χ2n) is 5.90. The molecular formula is C18H16N4O5. The van der Waals surface area contributed by atoms with Crippen molar-refractivity contribution in [3.05, 3.63) is 63.7 Å². The Hall–Kier alpha value is -3.75. The number of aromatic hydroxyl groups is 1. The highest BCUT2D eigenvalue weighted by Gasteiger charge is 2.22. The van der Waals surface area contributed by atoms with Crippen LogP contribution >= 0.6 is 0 Å². The molecule has 27 heavy (non-hydrogen) atoms. The summed E-state index contributed by atoms with van der Waals surface area (Å²) < 4.78 is 0. The summed E-state index contributed by atoms with van der Waals surface area (Å²) in [6.07, 6.45) is 2.40. The van der Waals surface area contributed by atoms with E-state index in [1.165, 1.54) is 6.07 Å². The van der Waals surface area contributed by atoms with Gasteiger partial charge in [0.15, 0.2) is 0 Å². The number of hydrazone groups is 1. The summed E-state index contributed by atoms with van der Waals surface area (Å²) in [4.78, 5) is 35.9. The summed E-state index contributed by atoms with van der Waals surface area (Å²) >= 11 is 0. The number of benzene rings is 2.